The predicted molar refractivity (Wildman–Crippen MR) is 136 cm³/mol. The molecule has 1 N–H and O–H groups in total. The van der Waals surface area contributed by atoms with Gasteiger partial charge in [0.2, 0.25) is 0 Å². The van der Waals surface area contributed by atoms with Gasteiger partial charge in [-0.15, -0.1) is 10.2 Å². The Morgan fingerprint density at radius 3 is 2.47 bits per heavy atom. The van der Waals surface area contributed by atoms with Crippen LogP contribution in [0.5, 0.6) is 5.75 Å². The molecule has 0 radical (unpaired) electrons. The minimum Gasteiger partial charge on any atom is -0.494 e. The number of anilines is 1. The molecule has 1 aliphatic rings. The maximum atomic E-state index is 15.0. The van der Waals surface area contributed by atoms with Gasteiger partial charge in [-0.1, -0.05) is 25.1 Å². The van der Waals surface area contributed by atoms with E-state index in [-0.39, 0.29) is 17.5 Å². The Hall–Kier alpha value is -4.01. The fraction of sp³-hybridized carbons (Fsp3) is 0.333. The van der Waals surface area contributed by atoms with Gasteiger partial charge in [0.05, 0.1) is 6.61 Å². The molecule has 36 heavy (non-hydrogen) atoms. The minimum absolute atomic E-state index is 0.211. The molecule has 1 aliphatic heterocycles. The molecule has 9 heteroatoms. The van der Waals surface area contributed by atoms with Gasteiger partial charge in [-0.3, -0.25) is 9.59 Å². The van der Waals surface area contributed by atoms with E-state index < -0.39 is 5.82 Å². The number of halogens is 1. The van der Waals surface area contributed by atoms with E-state index in [2.05, 4.69) is 15.5 Å². The van der Waals surface area contributed by atoms with Crippen LogP contribution in [0.15, 0.2) is 54.6 Å². The van der Waals surface area contributed by atoms with Crippen LogP contribution in [0.1, 0.15) is 41.1 Å². The predicted octanol–water partition coefficient (Wildman–Crippen LogP) is 3.78. The molecule has 1 fully saturated rings. The lowest BCUT2D eigenvalue weighted by Gasteiger charge is -2.35. The number of amides is 2. The van der Waals surface area contributed by atoms with Crippen molar-refractivity contribution in [1.82, 2.24) is 20.4 Å². The van der Waals surface area contributed by atoms with Crippen molar-refractivity contribution >= 4 is 17.6 Å². The molecule has 0 aliphatic carbocycles. The molecule has 8 nitrogen and oxygen atoms in total. The van der Waals surface area contributed by atoms with Crippen molar-refractivity contribution in [3.63, 3.8) is 0 Å². The van der Waals surface area contributed by atoms with Crippen LogP contribution < -0.4 is 15.0 Å². The van der Waals surface area contributed by atoms with E-state index in [1.54, 1.807) is 35.2 Å². The van der Waals surface area contributed by atoms with Crippen molar-refractivity contribution in [2.24, 2.45) is 0 Å². The maximum absolute atomic E-state index is 15.0. The van der Waals surface area contributed by atoms with Gasteiger partial charge < -0.3 is 19.9 Å². The van der Waals surface area contributed by atoms with Gasteiger partial charge >= 0.3 is 0 Å². The summed E-state index contributed by atoms with van der Waals surface area (Å²) in [5.41, 5.74) is 1.70. The molecule has 0 spiro atoms. The molecule has 1 aromatic heterocycles. The lowest BCUT2D eigenvalue weighted by molar-refractivity contribution is 0.0745. The first-order valence-electron chi connectivity index (χ1n) is 12.2. The number of carbonyl (C=O) groups excluding carboxylic acids is 2. The average molecular weight is 492 g/mol. The maximum Gasteiger partial charge on any atom is 0.271 e. The number of nitrogens with zero attached hydrogens (tertiary/aromatic N) is 4. The number of nitrogens with one attached hydrogen (secondary N) is 1. The van der Waals surface area contributed by atoms with Crippen LogP contribution in [0.3, 0.4) is 0 Å². The first kappa shape index (κ1) is 25.1. The topological polar surface area (TPSA) is 87.7 Å². The van der Waals surface area contributed by atoms with E-state index in [4.69, 9.17) is 4.74 Å². The van der Waals surface area contributed by atoms with Crippen LogP contribution in [0, 0.1) is 5.82 Å². The third kappa shape index (κ3) is 5.79. The van der Waals surface area contributed by atoms with E-state index in [0.29, 0.717) is 67.6 Å². The van der Waals surface area contributed by atoms with Crippen LogP contribution >= 0.6 is 0 Å². The molecule has 4 rings (SSSR count). The number of benzene rings is 2. The molecule has 0 unspecified atom stereocenters. The Kier molecular flexibility index (Phi) is 8.10. The van der Waals surface area contributed by atoms with Gasteiger partial charge in [0, 0.05) is 43.9 Å². The molecule has 188 valence electrons. The van der Waals surface area contributed by atoms with E-state index in [1.807, 2.05) is 36.9 Å². The minimum atomic E-state index is -0.452. The van der Waals surface area contributed by atoms with E-state index in [1.165, 1.54) is 6.07 Å². The van der Waals surface area contributed by atoms with Crippen molar-refractivity contribution in [2.45, 2.75) is 20.3 Å². The summed E-state index contributed by atoms with van der Waals surface area (Å²) in [6, 6.07) is 15.3. The van der Waals surface area contributed by atoms with Gasteiger partial charge in [-0.2, -0.15) is 0 Å². The van der Waals surface area contributed by atoms with E-state index in [0.717, 1.165) is 6.42 Å². The zero-order valence-corrected chi connectivity index (χ0v) is 20.5. The highest BCUT2D eigenvalue weighted by Crippen LogP contribution is 2.27. The zero-order valence-electron chi connectivity index (χ0n) is 20.5. The van der Waals surface area contributed by atoms with Crippen molar-refractivity contribution in [3.05, 3.63) is 71.7 Å². The van der Waals surface area contributed by atoms with Crippen LogP contribution in [-0.4, -0.2) is 66.2 Å². The highest BCUT2D eigenvalue weighted by molar-refractivity contribution is 5.95. The average Bonchev–Trinajstić information content (AvgIpc) is 2.92. The molecule has 2 aromatic carbocycles. The highest BCUT2D eigenvalue weighted by Gasteiger charge is 2.24. The second kappa shape index (κ2) is 11.6. The van der Waals surface area contributed by atoms with Gasteiger partial charge in [-0.05, 0) is 55.3 Å². The Morgan fingerprint density at radius 2 is 1.81 bits per heavy atom. The van der Waals surface area contributed by atoms with Gasteiger partial charge in [-0.25, -0.2) is 4.39 Å². The molecule has 0 saturated carbocycles. The molecule has 0 atom stereocenters. The summed E-state index contributed by atoms with van der Waals surface area (Å²) in [5, 5.41) is 11.0. The van der Waals surface area contributed by atoms with Crippen LogP contribution in [0.25, 0.3) is 11.1 Å². The normalized spacial score (nSPS) is 13.4. The number of hydrogen-bond acceptors (Lipinski definition) is 6. The Bertz CT molecular complexity index is 1210. The lowest BCUT2D eigenvalue weighted by Crippen LogP contribution is -2.49. The zero-order chi connectivity index (χ0) is 25.5. The number of ether oxygens (including phenoxy) is 1. The molecule has 2 amide bonds. The van der Waals surface area contributed by atoms with Crippen molar-refractivity contribution < 1.29 is 18.7 Å². The standard InChI is InChI=1S/C27H30FN5O3/c1-3-12-29-26(34)24-10-11-25(31-30-24)32-13-15-33(16-14-32)27(35)20-8-9-22(23(28)18-20)19-6-5-7-21(17-19)36-4-2/h5-11,17-18H,3-4,12-16H2,1-2H3,(H,29,34). The number of piperazine rings is 1. The van der Waals surface area contributed by atoms with Gasteiger partial charge in [0.15, 0.2) is 11.5 Å². The van der Waals surface area contributed by atoms with Crippen LogP contribution in [0.2, 0.25) is 0 Å². The SMILES string of the molecule is CCCNC(=O)c1ccc(N2CCN(C(=O)c3ccc(-c4cccc(OCC)c4)c(F)c3)CC2)nn1. The van der Waals surface area contributed by atoms with Crippen molar-refractivity contribution in [3.8, 4) is 16.9 Å². The Morgan fingerprint density at radius 1 is 1.00 bits per heavy atom. The summed E-state index contributed by atoms with van der Waals surface area (Å²) in [5.74, 6) is 0.417. The summed E-state index contributed by atoms with van der Waals surface area (Å²) in [6.45, 7) is 7.06. The second-order valence-corrected chi connectivity index (χ2v) is 8.47. The largest absolute Gasteiger partial charge is 0.494 e. The van der Waals surface area contributed by atoms with Gasteiger partial charge in [0.25, 0.3) is 11.8 Å². The third-order valence-electron chi connectivity index (χ3n) is 5.98. The monoisotopic (exact) mass is 491 g/mol. The number of carbonyl (C=O) groups is 2. The number of aromatic nitrogens is 2. The first-order chi connectivity index (χ1) is 17.5. The highest BCUT2D eigenvalue weighted by atomic mass is 19.1. The van der Waals surface area contributed by atoms with Crippen molar-refractivity contribution in [1.29, 1.82) is 0 Å². The van der Waals surface area contributed by atoms with Gasteiger partial charge in [0.1, 0.15) is 11.6 Å². The molecule has 3 aromatic rings. The Balaban J connectivity index is 1.37. The Labute approximate surface area is 210 Å². The lowest BCUT2D eigenvalue weighted by atomic mass is 10.0. The smallest absolute Gasteiger partial charge is 0.271 e. The third-order valence-corrected chi connectivity index (χ3v) is 5.98. The molecule has 0 bridgehead atoms. The summed E-state index contributed by atoms with van der Waals surface area (Å²) in [7, 11) is 0. The fourth-order valence-electron chi connectivity index (χ4n) is 4.07. The van der Waals surface area contributed by atoms with E-state index >= 15 is 0 Å². The fourth-order valence-corrected chi connectivity index (χ4v) is 4.07. The summed E-state index contributed by atoms with van der Waals surface area (Å²) in [4.78, 5) is 28.8. The molecular weight excluding hydrogens is 461 g/mol. The summed E-state index contributed by atoms with van der Waals surface area (Å²) >= 11 is 0. The van der Waals surface area contributed by atoms with E-state index in [9.17, 15) is 14.0 Å². The molecule has 1 saturated heterocycles. The second-order valence-electron chi connectivity index (χ2n) is 8.47. The quantitative estimate of drug-likeness (QED) is 0.516. The number of hydrogen-bond donors (Lipinski definition) is 1. The van der Waals surface area contributed by atoms with Crippen molar-refractivity contribution in [2.75, 3.05) is 44.2 Å². The van der Waals surface area contributed by atoms with Crippen LogP contribution in [0.4, 0.5) is 10.2 Å². The van der Waals surface area contributed by atoms with Crippen LogP contribution in [-0.2, 0) is 0 Å². The summed E-state index contributed by atoms with van der Waals surface area (Å²) < 4.78 is 20.5. The number of rotatable bonds is 8. The summed E-state index contributed by atoms with van der Waals surface area (Å²) in [6.07, 6.45) is 0.847. The molecular formula is C27H30FN5O3. The molecule has 2 heterocycles. The first-order valence-corrected chi connectivity index (χ1v) is 12.2.